The molecule has 0 radical (unpaired) electrons. The number of sulfonamides is 1. The minimum absolute atomic E-state index is 0.0439. The molecule has 3 heterocycles. The summed E-state index contributed by atoms with van der Waals surface area (Å²) in [5, 5.41) is 1.14. The summed E-state index contributed by atoms with van der Waals surface area (Å²) < 4.78 is 40.2. The summed E-state index contributed by atoms with van der Waals surface area (Å²) in [5.74, 6) is -2.48. The van der Waals surface area contributed by atoms with Gasteiger partial charge < -0.3 is 14.4 Å². The lowest BCUT2D eigenvalue weighted by atomic mass is 9.77. The Morgan fingerprint density at radius 1 is 1.09 bits per heavy atom. The molecule has 0 unspecified atom stereocenters. The average Bonchev–Trinajstić information content (AvgIpc) is 4.06. The van der Waals surface area contributed by atoms with Crippen LogP contribution in [0.15, 0.2) is 49.2 Å². The van der Waals surface area contributed by atoms with Crippen molar-refractivity contribution >= 4 is 50.4 Å². The van der Waals surface area contributed by atoms with Gasteiger partial charge in [-0.15, -0.1) is 6.58 Å². The molecule has 11 nitrogen and oxygen atoms in total. The first kappa shape index (κ1) is 37.3. The van der Waals surface area contributed by atoms with Crippen molar-refractivity contribution in [3.05, 3.63) is 54.8 Å². The second-order valence-electron chi connectivity index (χ2n) is 16.7. The van der Waals surface area contributed by atoms with Crippen LogP contribution >= 0.6 is 0 Å². The number of cyclic esters (lactones) is 1. The number of carbonyl (C=O) groups excluding carboxylic acids is 4. The molecule has 2 amide bonds. The number of hydrogen-bond donors (Lipinski definition) is 1. The molecule has 1 N–H and O–H groups in total. The van der Waals surface area contributed by atoms with E-state index in [1.807, 2.05) is 44.2 Å². The Morgan fingerprint density at radius 2 is 1.87 bits per heavy atom. The summed E-state index contributed by atoms with van der Waals surface area (Å²) in [7, 11) is -3.84. The summed E-state index contributed by atoms with van der Waals surface area (Å²) in [4.78, 5) is 62.6. The lowest BCUT2D eigenvalue weighted by molar-refractivity contribution is -0.154. The van der Waals surface area contributed by atoms with E-state index in [1.165, 1.54) is 0 Å². The van der Waals surface area contributed by atoms with E-state index in [-0.39, 0.29) is 61.4 Å². The maximum absolute atomic E-state index is 14.8. The highest BCUT2D eigenvalue weighted by Crippen LogP contribution is 2.57. The van der Waals surface area contributed by atoms with Gasteiger partial charge in [0.15, 0.2) is 5.78 Å². The fourth-order valence-electron chi connectivity index (χ4n) is 8.55. The summed E-state index contributed by atoms with van der Waals surface area (Å²) >= 11 is 0. The zero-order chi connectivity index (χ0) is 37.5. The van der Waals surface area contributed by atoms with Crippen LogP contribution in [0.1, 0.15) is 96.5 Å². The van der Waals surface area contributed by atoms with Crippen molar-refractivity contribution in [3.8, 4) is 5.88 Å². The fraction of sp³-hybridized carbons (Fsp3) is 0.585. The van der Waals surface area contributed by atoms with Crippen LogP contribution in [0.3, 0.4) is 0 Å². The standard InChI is InChI=1S/C41H51N3O8S/c1-4-29-22-41(29,39(48)43-53(49,50)31-14-15-31)23-35(45)34-20-30-24-44(34)38(47)33(27-10-6-5-7-11-27)21-36(46)51-25-40(2,3)17-8-9-26-12-13-28-16-18-42-37(52-30)32(28)19-26/h4,8-9,12-13,16,18-19,27,29-31,33-34H,1,5-7,10-11,14-15,17,20-25H2,2-3H3,(H,43,48)/b9-8+/t29-,30-,33+,34+,41-/m1/s1. The van der Waals surface area contributed by atoms with Crippen LogP contribution in [-0.2, 0) is 33.9 Å². The van der Waals surface area contributed by atoms with Gasteiger partial charge >= 0.3 is 5.97 Å². The minimum atomic E-state index is -3.84. The topological polar surface area (TPSA) is 149 Å². The number of ketones is 1. The zero-order valence-electron chi connectivity index (χ0n) is 30.8. The molecular formula is C41H51N3O8S. The Kier molecular flexibility index (Phi) is 10.3. The SMILES string of the molecule is C=C[C@@H]1C[C@]1(CC(=O)[C@@H]1C[C@@H]2CN1C(=O)[C@H](C1CCCCC1)CC(=O)OCC(C)(C)C/C=C/c1ccc3ccnc(c3c1)O2)C(=O)NS(=O)(=O)C1CC1. The van der Waals surface area contributed by atoms with E-state index in [0.29, 0.717) is 31.6 Å². The number of esters is 1. The van der Waals surface area contributed by atoms with Gasteiger partial charge in [0, 0.05) is 29.8 Å². The zero-order valence-corrected chi connectivity index (χ0v) is 31.6. The van der Waals surface area contributed by atoms with Gasteiger partial charge in [-0.1, -0.05) is 63.5 Å². The van der Waals surface area contributed by atoms with E-state index in [2.05, 4.69) is 22.4 Å². The van der Waals surface area contributed by atoms with Gasteiger partial charge in [0.05, 0.1) is 42.2 Å². The third-order valence-electron chi connectivity index (χ3n) is 12.0. The highest BCUT2D eigenvalue weighted by Gasteiger charge is 2.61. The molecular weight excluding hydrogens is 695 g/mol. The Morgan fingerprint density at radius 3 is 2.58 bits per heavy atom. The summed E-state index contributed by atoms with van der Waals surface area (Å²) in [6, 6.07) is 6.98. The van der Waals surface area contributed by atoms with Crippen LogP contribution in [0.5, 0.6) is 5.88 Å². The average molecular weight is 746 g/mol. The first-order valence-corrected chi connectivity index (χ1v) is 20.7. The predicted molar refractivity (Wildman–Crippen MR) is 200 cm³/mol. The number of aromatic nitrogens is 1. The monoisotopic (exact) mass is 745 g/mol. The molecule has 7 rings (SSSR count). The number of allylic oxidation sites excluding steroid dienone is 2. The van der Waals surface area contributed by atoms with E-state index >= 15 is 0 Å². The van der Waals surface area contributed by atoms with E-state index < -0.39 is 50.6 Å². The van der Waals surface area contributed by atoms with E-state index in [0.717, 1.165) is 48.4 Å². The quantitative estimate of drug-likeness (QED) is 0.257. The Labute approximate surface area is 312 Å². The van der Waals surface area contributed by atoms with E-state index in [1.54, 1.807) is 17.2 Å². The number of nitrogens with one attached hydrogen (secondary N) is 1. The molecule has 2 aromatic rings. The molecule has 12 heteroatoms. The van der Waals surface area contributed by atoms with Crippen molar-refractivity contribution < 1.29 is 37.1 Å². The predicted octanol–water partition coefficient (Wildman–Crippen LogP) is 5.92. The fourth-order valence-corrected chi connectivity index (χ4v) is 9.93. The lowest BCUT2D eigenvalue weighted by Crippen LogP contribution is -2.48. The van der Waals surface area contributed by atoms with Crippen LogP contribution in [0.2, 0.25) is 0 Å². The highest BCUT2D eigenvalue weighted by atomic mass is 32.2. The Bertz CT molecular complexity index is 1930. The smallest absolute Gasteiger partial charge is 0.306 e. The third-order valence-corrected chi connectivity index (χ3v) is 13.9. The van der Waals surface area contributed by atoms with E-state index in [4.69, 9.17) is 9.47 Å². The lowest BCUT2D eigenvalue weighted by Gasteiger charge is -2.34. The number of Topliss-reactive ketones (excluding diaryl/α,β-unsaturated/α-hetero) is 1. The molecule has 4 bridgehead atoms. The highest BCUT2D eigenvalue weighted by molar-refractivity contribution is 7.90. The first-order valence-electron chi connectivity index (χ1n) is 19.2. The summed E-state index contributed by atoms with van der Waals surface area (Å²) in [6.45, 7) is 8.21. The van der Waals surface area contributed by atoms with Crippen molar-refractivity contribution in [1.29, 1.82) is 0 Å². The number of rotatable bonds is 8. The molecule has 0 spiro atoms. The van der Waals surface area contributed by atoms with Gasteiger partial charge in [-0.25, -0.2) is 13.4 Å². The largest absolute Gasteiger partial charge is 0.472 e. The van der Waals surface area contributed by atoms with Gasteiger partial charge in [0.2, 0.25) is 27.7 Å². The van der Waals surface area contributed by atoms with Crippen molar-refractivity contribution in [2.24, 2.45) is 28.6 Å². The molecule has 1 aromatic heterocycles. The van der Waals surface area contributed by atoms with Crippen LogP contribution in [0.4, 0.5) is 0 Å². The number of nitrogens with zero attached hydrogens (tertiary/aromatic N) is 2. The van der Waals surface area contributed by atoms with Crippen LogP contribution in [0, 0.1) is 28.6 Å². The van der Waals surface area contributed by atoms with Gasteiger partial charge in [-0.05, 0) is 73.4 Å². The van der Waals surface area contributed by atoms with Crippen molar-refractivity contribution in [2.45, 2.75) is 108 Å². The Balaban J connectivity index is 1.23. The molecule has 3 aliphatic carbocycles. The maximum atomic E-state index is 14.8. The van der Waals surface area contributed by atoms with Gasteiger partial charge in [0.1, 0.15) is 6.10 Å². The number of benzene rings is 1. The number of pyridine rings is 1. The van der Waals surface area contributed by atoms with Gasteiger partial charge in [-0.3, -0.25) is 23.9 Å². The summed E-state index contributed by atoms with van der Waals surface area (Å²) in [6.07, 6.45) is 13.1. The molecule has 5 atom stereocenters. The number of amides is 2. The third kappa shape index (κ3) is 8.07. The number of hydrogen-bond acceptors (Lipinski definition) is 9. The molecule has 3 saturated carbocycles. The first-order chi connectivity index (χ1) is 25.3. The van der Waals surface area contributed by atoms with Gasteiger partial charge in [0.25, 0.3) is 0 Å². The molecule has 53 heavy (non-hydrogen) atoms. The van der Waals surface area contributed by atoms with Crippen LogP contribution in [-0.4, -0.2) is 72.4 Å². The van der Waals surface area contributed by atoms with Crippen molar-refractivity contribution in [3.63, 3.8) is 0 Å². The van der Waals surface area contributed by atoms with E-state index in [9.17, 15) is 27.6 Å². The molecule has 1 aromatic carbocycles. The minimum Gasteiger partial charge on any atom is -0.472 e. The molecule has 284 valence electrons. The van der Waals surface area contributed by atoms with Crippen molar-refractivity contribution in [1.82, 2.24) is 14.6 Å². The second-order valence-corrected chi connectivity index (χ2v) is 18.7. The molecule has 5 aliphatic rings. The maximum Gasteiger partial charge on any atom is 0.306 e. The summed E-state index contributed by atoms with van der Waals surface area (Å²) in [5.41, 5.74) is -0.661. The number of carbonyl (C=O) groups is 4. The molecule has 1 saturated heterocycles. The second kappa shape index (κ2) is 14.6. The normalized spacial score (nSPS) is 30.1. The van der Waals surface area contributed by atoms with Crippen molar-refractivity contribution in [2.75, 3.05) is 13.2 Å². The van der Waals surface area contributed by atoms with Gasteiger partial charge in [-0.2, -0.15) is 0 Å². The van der Waals surface area contributed by atoms with Crippen LogP contribution in [0.25, 0.3) is 16.8 Å². The molecule has 2 aliphatic heterocycles. The number of ether oxygens (including phenoxy) is 2. The molecule has 4 fully saturated rings. The number of fused-ring (bicyclic) bond motifs is 3. The Hall–Kier alpha value is -4.06. The van der Waals surface area contributed by atoms with Crippen LogP contribution < -0.4 is 9.46 Å².